The fourth-order valence-electron chi connectivity index (χ4n) is 2.66. The number of aliphatic carboxylic acids is 1. The number of carboxylic acids is 1. The van der Waals surface area contributed by atoms with Gasteiger partial charge in [0.05, 0.1) is 12.5 Å². The number of ether oxygens (including phenoxy) is 1. The summed E-state index contributed by atoms with van der Waals surface area (Å²) in [4.78, 5) is 24.8. The number of carbonyl (C=O) groups is 2. The van der Waals surface area contributed by atoms with E-state index in [1.165, 1.54) is 20.2 Å². The number of halogens is 2. The molecule has 5 nitrogen and oxygen atoms in total. The highest BCUT2D eigenvalue weighted by atomic mass is 19.1. The highest BCUT2D eigenvalue weighted by Gasteiger charge is 2.55. The second kappa shape index (κ2) is 6.00. The fourth-order valence-corrected chi connectivity index (χ4v) is 2.66. The number of amides is 1. The summed E-state index contributed by atoms with van der Waals surface area (Å²) < 4.78 is 32.2. The zero-order valence-corrected chi connectivity index (χ0v) is 12.3. The molecule has 1 aliphatic rings. The Morgan fingerprint density at radius 3 is 2.36 bits per heavy atom. The van der Waals surface area contributed by atoms with Gasteiger partial charge in [0, 0.05) is 32.6 Å². The number of nitrogens with zero attached hydrogens (tertiary/aromatic N) is 1. The van der Waals surface area contributed by atoms with Gasteiger partial charge in [0.15, 0.2) is 0 Å². The van der Waals surface area contributed by atoms with Crippen LogP contribution in [0.25, 0.3) is 0 Å². The average Bonchev–Trinajstić information content (AvgIpc) is 2.41. The number of methoxy groups -OCH3 is 1. The van der Waals surface area contributed by atoms with Crippen molar-refractivity contribution >= 4 is 11.9 Å². The molecule has 1 saturated carbocycles. The summed E-state index contributed by atoms with van der Waals surface area (Å²) >= 11 is 0. The summed E-state index contributed by atoms with van der Waals surface area (Å²) in [5, 5.41) is 9.39. The van der Waals surface area contributed by atoms with Crippen molar-refractivity contribution in [1.82, 2.24) is 4.90 Å². The highest BCUT2D eigenvalue weighted by molar-refractivity contribution is 5.89. The summed E-state index contributed by atoms with van der Waals surface area (Å²) in [6.07, 6.45) is -0.458. The van der Waals surface area contributed by atoms with E-state index < -0.39 is 35.5 Å². The Labute approximate surface area is 126 Å². The van der Waals surface area contributed by atoms with Gasteiger partial charge in [0.2, 0.25) is 5.91 Å². The van der Waals surface area contributed by atoms with Gasteiger partial charge in [-0.2, -0.15) is 0 Å². The Morgan fingerprint density at radius 2 is 1.91 bits per heavy atom. The molecule has 120 valence electrons. The molecule has 22 heavy (non-hydrogen) atoms. The standard InChI is InChI=1S/C15H17F2NO4/c1-18(15(14(20)21)7-9(8-15)22-2)13(19)6-10-11(16)4-3-5-12(10)17/h3-5,9H,6-8H2,1-2H3,(H,20,21). The summed E-state index contributed by atoms with van der Waals surface area (Å²) in [6, 6.07) is 3.32. The first kappa shape index (κ1) is 16.4. The van der Waals surface area contributed by atoms with Crippen molar-refractivity contribution in [2.75, 3.05) is 14.2 Å². The number of carboxylic acid groups (broad SMARTS) is 1. The first-order chi connectivity index (χ1) is 10.3. The summed E-state index contributed by atoms with van der Waals surface area (Å²) in [5.74, 6) is -3.45. The van der Waals surface area contributed by atoms with E-state index in [4.69, 9.17) is 4.74 Å². The van der Waals surface area contributed by atoms with Gasteiger partial charge >= 0.3 is 5.97 Å². The van der Waals surface area contributed by atoms with Crippen molar-refractivity contribution in [3.8, 4) is 0 Å². The number of carbonyl (C=O) groups excluding carboxylic acids is 1. The van der Waals surface area contributed by atoms with Crippen molar-refractivity contribution < 1.29 is 28.2 Å². The lowest BCUT2D eigenvalue weighted by molar-refractivity contribution is -0.174. The lowest BCUT2D eigenvalue weighted by Crippen LogP contribution is -2.65. The molecule has 0 saturated heterocycles. The molecule has 0 bridgehead atoms. The monoisotopic (exact) mass is 313 g/mol. The lowest BCUT2D eigenvalue weighted by atomic mass is 9.72. The van der Waals surface area contributed by atoms with Crippen molar-refractivity contribution in [2.45, 2.75) is 30.9 Å². The summed E-state index contributed by atoms with van der Waals surface area (Å²) in [7, 11) is 2.80. The van der Waals surface area contributed by atoms with Gasteiger partial charge in [-0.05, 0) is 12.1 Å². The molecule has 0 spiro atoms. The van der Waals surface area contributed by atoms with E-state index in [0.29, 0.717) is 0 Å². The maximum Gasteiger partial charge on any atom is 0.329 e. The normalized spacial score (nSPS) is 23.7. The van der Waals surface area contributed by atoms with Crippen molar-refractivity contribution in [3.63, 3.8) is 0 Å². The average molecular weight is 313 g/mol. The van der Waals surface area contributed by atoms with Gasteiger partial charge in [0.25, 0.3) is 0 Å². The van der Waals surface area contributed by atoms with E-state index in [1.54, 1.807) is 0 Å². The van der Waals surface area contributed by atoms with E-state index in [9.17, 15) is 23.5 Å². The summed E-state index contributed by atoms with van der Waals surface area (Å²) in [5.41, 5.74) is -1.73. The van der Waals surface area contributed by atoms with E-state index >= 15 is 0 Å². The molecular formula is C15H17F2NO4. The van der Waals surface area contributed by atoms with Crippen LogP contribution in [0.15, 0.2) is 18.2 Å². The first-order valence-corrected chi connectivity index (χ1v) is 6.77. The largest absolute Gasteiger partial charge is 0.479 e. The van der Waals surface area contributed by atoms with E-state index in [0.717, 1.165) is 17.0 Å². The minimum atomic E-state index is -1.38. The van der Waals surface area contributed by atoms with E-state index in [1.807, 2.05) is 0 Å². The predicted molar refractivity (Wildman–Crippen MR) is 73.2 cm³/mol. The van der Waals surface area contributed by atoms with Crippen molar-refractivity contribution in [3.05, 3.63) is 35.4 Å². The van der Waals surface area contributed by atoms with Crippen LogP contribution >= 0.6 is 0 Å². The number of likely N-dealkylation sites (N-methyl/N-ethyl adjacent to an activating group) is 1. The smallest absolute Gasteiger partial charge is 0.329 e. The Kier molecular flexibility index (Phi) is 4.46. The van der Waals surface area contributed by atoms with Gasteiger partial charge in [-0.15, -0.1) is 0 Å². The zero-order chi connectivity index (χ0) is 16.5. The topological polar surface area (TPSA) is 66.8 Å². The van der Waals surface area contributed by atoms with Gasteiger partial charge in [-0.3, -0.25) is 4.79 Å². The molecule has 1 aromatic carbocycles. The van der Waals surface area contributed by atoms with Gasteiger partial charge in [0.1, 0.15) is 17.2 Å². The molecule has 1 amide bonds. The zero-order valence-electron chi connectivity index (χ0n) is 12.3. The molecule has 0 heterocycles. The van der Waals surface area contributed by atoms with Crippen LogP contribution < -0.4 is 0 Å². The SMILES string of the molecule is COC1CC(C(=O)O)(N(C)C(=O)Cc2c(F)cccc2F)C1. The molecule has 1 aromatic rings. The fraction of sp³-hybridized carbons (Fsp3) is 0.467. The molecule has 2 rings (SSSR count). The van der Waals surface area contributed by atoms with Crippen LogP contribution in [0.4, 0.5) is 8.78 Å². The van der Waals surface area contributed by atoms with Crippen LogP contribution in [0, 0.1) is 11.6 Å². The van der Waals surface area contributed by atoms with Gasteiger partial charge in [-0.25, -0.2) is 13.6 Å². The number of hydrogen-bond donors (Lipinski definition) is 1. The Balaban J connectivity index is 2.17. The van der Waals surface area contributed by atoms with Crippen LogP contribution in [0.3, 0.4) is 0 Å². The second-order valence-corrected chi connectivity index (χ2v) is 5.43. The maximum absolute atomic E-state index is 13.6. The lowest BCUT2D eigenvalue weighted by Gasteiger charge is -2.48. The van der Waals surface area contributed by atoms with Gasteiger partial charge < -0.3 is 14.7 Å². The molecule has 0 aliphatic heterocycles. The molecular weight excluding hydrogens is 296 g/mol. The summed E-state index contributed by atoms with van der Waals surface area (Å²) in [6.45, 7) is 0. The van der Waals surface area contributed by atoms with E-state index in [2.05, 4.69) is 0 Å². The molecule has 1 aliphatic carbocycles. The van der Waals surface area contributed by atoms with Crippen LogP contribution in [-0.2, 0) is 20.7 Å². The maximum atomic E-state index is 13.6. The highest BCUT2D eigenvalue weighted by Crippen LogP contribution is 2.39. The van der Waals surface area contributed by atoms with Crippen LogP contribution in [0.5, 0.6) is 0 Å². The van der Waals surface area contributed by atoms with E-state index in [-0.39, 0.29) is 24.5 Å². The quantitative estimate of drug-likeness (QED) is 0.896. The molecule has 0 radical (unpaired) electrons. The Hall–Kier alpha value is -2.02. The molecule has 1 N–H and O–H groups in total. The second-order valence-electron chi connectivity index (χ2n) is 5.43. The molecule has 7 heteroatoms. The Bertz CT molecular complexity index is 579. The molecule has 0 atom stereocenters. The minimum Gasteiger partial charge on any atom is -0.479 e. The molecule has 0 unspecified atom stereocenters. The Morgan fingerprint density at radius 1 is 1.36 bits per heavy atom. The minimum absolute atomic E-state index is 0.154. The number of rotatable bonds is 5. The van der Waals surface area contributed by atoms with Crippen molar-refractivity contribution in [2.24, 2.45) is 0 Å². The van der Waals surface area contributed by atoms with Crippen LogP contribution in [-0.4, -0.2) is 47.7 Å². The van der Waals surface area contributed by atoms with Crippen LogP contribution in [0.1, 0.15) is 18.4 Å². The third-order valence-corrected chi connectivity index (χ3v) is 4.27. The third kappa shape index (κ3) is 2.68. The van der Waals surface area contributed by atoms with Gasteiger partial charge in [-0.1, -0.05) is 6.07 Å². The predicted octanol–water partition coefficient (Wildman–Crippen LogP) is 1.60. The molecule has 0 aromatic heterocycles. The third-order valence-electron chi connectivity index (χ3n) is 4.27. The number of hydrogen-bond acceptors (Lipinski definition) is 3. The van der Waals surface area contributed by atoms with Crippen molar-refractivity contribution in [1.29, 1.82) is 0 Å². The number of benzene rings is 1. The first-order valence-electron chi connectivity index (χ1n) is 6.77. The van der Waals surface area contributed by atoms with Crippen LogP contribution in [0.2, 0.25) is 0 Å². The molecule has 1 fully saturated rings.